The number of aryl methyl sites for hydroxylation is 1. The number of nitrogens with one attached hydrogen (secondary N) is 1. The lowest BCUT2D eigenvalue weighted by atomic mass is 10.0. The molecule has 0 radical (unpaired) electrons. The Balaban J connectivity index is 2.40. The molecular formula is C17H14F5N5O3. The van der Waals surface area contributed by atoms with Gasteiger partial charge in [-0.1, -0.05) is 0 Å². The summed E-state index contributed by atoms with van der Waals surface area (Å²) in [5.74, 6) is -2.72. The van der Waals surface area contributed by atoms with Gasteiger partial charge in [0.1, 0.15) is 12.2 Å². The summed E-state index contributed by atoms with van der Waals surface area (Å²) in [6, 6.07) is 5.03. The van der Waals surface area contributed by atoms with E-state index in [-0.39, 0.29) is 22.4 Å². The topological polar surface area (TPSA) is 123 Å². The number of carbonyl (C=O) groups is 2. The number of primary amides is 1. The number of anilines is 1. The van der Waals surface area contributed by atoms with E-state index >= 15 is 0 Å². The van der Waals surface area contributed by atoms with E-state index in [0.717, 1.165) is 12.1 Å². The number of aromatic nitrogens is 2. The number of carbonyl (C=O) groups excluding carboxylic acids is 2. The number of nitrogens with two attached hydrogens (primary N) is 1. The molecule has 0 atom stereocenters. The average Bonchev–Trinajstić information content (AvgIpc) is 3.02. The SMILES string of the molecule is Cc1cc(C#N)cc(C(N)=O)c1NC(=O)c1cc(OCC(F)(F)F)nn1CC(F)F. The fraction of sp³-hybridized carbons (Fsp3) is 0.294. The normalized spacial score (nSPS) is 11.3. The fourth-order valence-electron chi connectivity index (χ4n) is 2.46. The second-order valence-corrected chi connectivity index (χ2v) is 5.99. The number of ether oxygens (including phenoxy) is 1. The van der Waals surface area contributed by atoms with E-state index in [1.807, 2.05) is 6.07 Å². The van der Waals surface area contributed by atoms with Crippen LogP contribution >= 0.6 is 0 Å². The Morgan fingerprint density at radius 2 is 2.00 bits per heavy atom. The van der Waals surface area contributed by atoms with E-state index < -0.39 is 49.1 Å². The van der Waals surface area contributed by atoms with Gasteiger partial charge in [-0.3, -0.25) is 14.3 Å². The maximum Gasteiger partial charge on any atom is 0.422 e. The molecule has 0 spiro atoms. The van der Waals surface area contributed by atoms with E-state index in [4.69, 9.17) is 11.0 Å². The Morgan fingerprint density at radius 3 is 2.53 bits per heavy atom. The molecule has 1 aromatic carbocycles. The molecule has 0 aliphatic rings. The Hall–Kier alpha value is -3.69. The average molecular weight is 431 g/mol. The van der Waals surface area contributed by atoms with E-state index in [9.17, 15) is 31.5 Å². The molecule has 0 saturated carbocycles. The van der Waals surface area contributed by atoms with Crippen LogP contribution in [0.5, 0.6) is 5.88 Å². The molecule has 0 unspecified atom stereocenters. The van der Waals surface area contributed by atoms with Gasteiger partial charge in [-0.15, -0.1) is 5.10 Å². The number of nitriles is 1. The highest BCUT2D eigenvalue weighted by atomic mass is 19.4. The van der Waals surface area contributed by atoms with Gasteiger partial charge in [0.15, 0.2) is 6.61 Å². The van der Waals surface area contributed by atoms with Gasteiger partial charge in [0, 0.05) is 6.07 Å². The molecule has 3 N–H and O–H groups in total. The summed E-state index contributed by atoms with van der Waals surface area (Å²) in [5, 5.41) is 14.7. The van der Waals surface area contributed by atoms with Crippen LogP contribution in [-0.2, 0) is 6.54 Å². The summed E-state index contributed by atoms with van der Waals surface area (Å²) in [4.78, 5) is 24.3. The van der Waals surface area contributed by atoms with Crippen molar-refractivity contribution in [3.8, 4) is 11.9 Å². The third kappa shape index (κ3) is 5.66. The van der Waals surface area contributed by atoms with Gasteiger partial charge in [-0.05, 0) is 24.6 Å². The van der Waals surface area contributed by atoms with Crippen molar-refractivity contribution in [1.29, 1.82) is 5.26 Å². The van der Waals surface area contributed by atoms with Crippen molar-refractivity contribution in [2.45, 2.75) is 26.1 Å². The van der Waals surface area contributed by atoms with Crippen LogP contribution in [0.1, 0.15) is 32.0 Å². The zero-order valence-corrected chi connectivity index (χ0v) is 15.3. The van der Waals surface area contributed by atoms with Crippen LogP contribution in [0.3, 0.4) is 0 Å². The second kappa shape index (κ2) is 8.76. The smallest absolute Gasteiger partial charge is 0.422 e. The van der Waals surface area contributed by atoms with Gasteiger partial charge in [0.25, 0.3) is 18.2 Å². The van der Waals surface area contributed by atoms with Crippen LogP contribution in [0.2, 0.25) is 0 Å². The van der Waals surface area contributed by atoms with Gasteiger partial charge >= 0.3 is 6.18 Å². The summed E-state index contributed by atoms with van der Waals surface area (Å²) in [5.41, 5.74) is 4.78. The second-order valence-electron chi connectivity index (χ2n) is 5.99. The monoisotopic (exact) mass is 431 g/mol. The molecule has 0 aliphatic carbocycles. The Bertz CT molecular complexity index is 1010. The number of halogens is 5. The van der Waals surface area contributed by atoms with Crippen molar-refractivity contribution >= 4 is 17.5 Å². The third-order valence-corrected chi connectivity index (χ3v) is 3.65. The summed E-state index contributed by atoms with van der Waals surface area (Å²) in [7, 11) is 0. The van der Waals surface area contributed by atoms with Crippen LogP contribution in [0.15, 0.2) is 18.2 Å². The Kier molecular flexibility index (Phi) is 6.60. The molecular weight excluding hydrogens is 417 g/mol. The summed E-state index contributed by atoms with van der Waals surface area (Å²) in [6.45, 7) is -1.37. The third-order valence-electron chi connectivity index (χ3n) is 3.65. The highest BCUT2D eigenvalue weighted by molar-refractivity contribution is 6.09. The lowest BCUT2D eigenvalue weighted by Gasteiger charge is -2.13. The number of benzene rings is 1. The first kappa shape index (κ1) is 22.6. The molecule has 2 rings (SSSR count). The van der Waals surface area contributed by atoms with Crippen molar-refractivity contribution in [2.24, 2.45) is 5.73 Å². The van der Waals surface area contributed by atoms with Gasteiger partial charge < -0.3 is 15.8 Å². The molecule has 160 valence electrons. The molecule has 2 aromatic rings. The van der Waals surface area contributed by atoms with E-state index in [1.165, 1.54) is 13.0 Å². The minimum Gasteiger partial charge on any atom is -0.467 e. The number of alkyl halides is 5. The highest BCUT2D eigenvalue weighted by Crippen LogP contribution is 2.25. The predicted molar refractivity (Wildman–Crippen MR) is 92.1 cm³/mol. The first-order valence-corrected chi connectivity index (χ1v) is 8.12. The van der Waals surface area contributed by atoms with E-state index in [0.29, 0.717) is 4.68 Å². The lowest BCUT2D eigenvalue weighted by molar-refractivity contribution is -0.154. The molecule has 13 heteroatoms. The number of rotatable bonds is 7. The number of hydrogen-bond donors (Lipinski definition) is 2. The molecule has 0 aliphatic heterocycles. The van der Waals surface area contributed by atoms with E-state index in [1.54, 1.807) is 0 Å². The van der Waals surface area contributed by atoms with Crippen molar-refractivity contribution in [1.82, 2.24) is 9.78 Å². The highest BCUT2D eigenvalue weighted by Gasteiger charge is 2.30. The van der Waals surface area contributed by atoms with Crippen LogP contribution in [0.4, 0.5) is 27.6 Å². The quantitative estimate of drug-likeness (QED) is 0.653. The van der Waals surface area contributed by atoms with Crippen LogP contribution < -0.4 is 15.8 Å². The first-order valence-electron chi connectivity index (χ1n) is 8.12. The molecule has 1 aromatic heterocycles. The maximum atomic E-state index is 12.8. The zero-order chi connectivity index (χ0) is 22.6. The largest absolute Gasteiger partial charge is 0.467 e. The van der Waals surface area contributed by atoms with Crippen molar-refractivity contribution < 1.29 is 36.3 Å². The lowest BCUT2D eigenvalue weighted by Crippen LogP contribution is -2.23. The number of nitrogens with zero attached hydrogens (tertiary/aromatic N) is 3. The van der Waals surface area contributed by atoms with Gasteiger partial charge in [-0.25, -0.2) is 8.78 Å². The van der Waals surface area contributed by atoms with Crippen LogP contribution in [-0.4, -0.2) is 40.8 Å². The van der Waals surface area contributed by atoms with Crippen molar-refractivity contribution in [3.05, 3.63) is 40.6 Å². The molecule has 30 heavy (non-hydrogen) atoms. The molecule has 0 saturated heterocycles. The number of hydrogen-bond acceptors (Lipinski definition) is 5. The zero-order valence-electron chi connectivity index (χ0n) is 15.3. The van der Waals surface area contributed by atoms with Crippen LogP contribution in [0.25, 0.3) is 0 Å². The molecule has 8 nitrogen and oxygen atoms in total. The molecule has 2 amide bonds. The van der Waals surface area contributed by atoms with Gasteiger partial charge in [0.2, 0.25) is 5.88 Å². The predicted octanol–water partition coefficient (Wildman–Crippen LogP) is 2.62. The van der Waals surface area contributed by atoms with Crippen molar-refractivity contribution in [2.75, 3.05) is 11.9 Å². The molecule has 0 fully saturated rings. The Morgan fingerprint density at radius 1 is 1.33 bits per heavy atom. The summed E-state index contributed by atoms with van der Waals surface area (Å²) < 4.78 is 67.4. The summed E-state index contributed by atoms with van der Waals surface area (Å²) in [6.07, 6.45) is -7.67. The minimum atomic E-state index is -4.70. The molecule has 1 heterocycles. The summed E-state index contributed by atoms with van der Waals surface area (Å²) >= 11 is 0. The van der Waals surface area contributed by atoms with Crippen molar-refractivity contribution in [3.63, 3.8) is 0 Å². The number of amides is 2. The first-order chi connectivity index (χ1) is 13.9. The standard InChI is InChI=1S/C17H14F5N5O3/c1-8-2-9(5-23)3-10(15(24)28)14(8)25-16(29)11-4-13(30-7-17(20,21)22)26-27(11)6-12(18)19/h2-4,12H,6-7H2,1H3,(H2,24,28)(H,25,29). The fourth-order valence-corrected chi connectivity index (χ4v) is 2.46. The van der Waals surface area contributed by atoms with Gasteiger partial charge in [-0.2, -0.15) is 18.4 Å². The van der Waals surface area contributed by atoms with Crippen LogP contribution in [0, 0.1) is 18.3 Å². The Labute approximate surface area is 166 Å². The molecule has 0 bridgehead atoms. The maximum absolute atomic E-state index is 12.8. The minimum absolute atomic E-state index is 0.0879. The van der Waals surface area contributed by atoms with E-state index in [2.05, 4.69) is 15.2 Å². The van der Waals surface area contributed by atoms with Gasteiger partial charge in [0.05, 0.1) is 22.9 Å².